The van der Waals surface area contributed by atoms with E-state index in [1.165, 1.54) is 53.0 Å². The molecule has 294 valence electrons. The van der Waals surface area contributed by atoms with E-state index in [4.69, 9.17) is 9.47 Å². The Bertz CT molecular complexity index is 2310. The Morgan fingerprint density at radius 2 is 1.16 bits per heavy atom. The molecule has 2 aromatic heterocycles. The van der Waals surface area contributed by atoms with Gasteiger partial charge in [0, 0.05) is 37.1 Å². The zero-order chi connectivity index (χ0) is 39.4. The van der Waals surface area contributed by atoms with Crippen LogP contribution in [-0.4, -0.2) is 103 Å². The molecule has 1 unspecified atom stereocenters. The molecule has 8 N–H and O–H groups in total. The molecule has 0 bridgehead atoms. The molecule has 0 radical (unpaired) electrons. The van der Waals surface area contributed by atoms with E-state index in [2.05, 4.69) is 0 Å². The zero-order valence-corrected chi connectivity index (χ0v) is 31.2. The highest BCUT2D eigenvalue weighted by Crippen LogP contribution is 2.48. The number of hydrogen-bond acceptors (Lipinski definition) is 12. The maximum Gasteiger partial charge on any atom is 0.127 e. The van der Waals surface area contributed by atoms with Crippen LogP contribution in [0, 0.1) is 11.6 Å². The van der Waals surface area contributed by atoms with Crippen molar-refractivity contribution in [2.24, 2.45) is 0 Å². The average Bonchev–Trinajstić information content (AvgIpc) is 3.80. The van der Waals surface area contributed by atoms with Gasteiger partial charge in [-0.25, -0.2) is 8.78 Å². The smallest absolute Gasteiger partial charge is 0.127 e. The van der Waals surface area contributed by atoms with Crippen molar-refractivity contribution in [3.8, 4) is 0 Å². The van der Waals surface area contributed by atoms with E-state index in [-0.39, 0.29) is 17.5 Å². The fourth-order valence-corrected chi connectivity index (χ4v) is 10.4. The fraction of sp³-hybridized carbons (Fsp3) is 0.333. The molecule has 2 saturated heterocycles. The Morgan fingerprint density at radius 3 is 1.79 bits per heavy atom. The van der Waals surface area contributed by atoms with Crippen molar-refractivity contribution in [2.45, 2.75) is 73.4 Å². The number of halogens is 2. The summed E-state index contributed by atoms with van der Waals surface area (Å²) in [7, 11) is 0. The fourth-order valence-electron chi connectivity index (χ4n) is 7.95. The van der Waals surface area contributed by atoms with Crippen LogP contribution in [0.5, 0.6) is 0 Å². The van der Waals surface area contributed by atoms with E-state index in [9.17, 15) is 40.9 Å². The number of rotatable bonds is 9. The maximum absolute atomic E-state index is 16.6. The number of aliphatic hydroxyl groups excluding tert-OH is 8. The first-order chi connectivity index (χ1) is 27.0. The van der Waals surface area contributed by atoms with E-state index < -0.39 is 91.8 Å². The van der Waals surface area contributed by atoms with Gasteiger partial charge in [-0.2, -0.15) is 0 Å². The lowest BCUT2D eigenvalue weighted by molar-refractivity contribution is -0.231. The summed E-state index contributed by atoms with van der Waals surface area (Å²) in [6, 6.07) is 25.7. The van der Waals surface area contributed by atoms with Crippen LogP contribution in [0.15, 0.2) is 91.0 Å². The van der Waals surface area contributed by atoms with Crippen LogP contribution < -0.4 is 0 Å². The van der Waals surface area contributed by atoms with Crippen LogP contribution in [-0.2, 0) is 15.9 Å². The first kappa shape index (κ1) is 39.1. The number of hydrogen-bond donors (Lipinski definition) is 8. The van der Waals surface area contributed by atoms with E-state index in [1.807, 2.05) is 54.6 Å². The minimum Gasteiger partial charge on any atom is -0.394 e. The average molecular weight is 807 g/mol. The molecular weight excluding hydrogens is 767 g/mol. The standard InChI is InChI=1S/C42H40F2O10S2/c43-25-11-9-20(41-39(51)37(49)35(47)27(17-45)53-41)13-22(25)16-32-33(23-6-2-4-8-30(23)56-32)34(31-15-19-5-1-3-7-29(19)55-31)24-14-21(10-12-26(24)44)42-40(52)38(50)36(48)28(18-46)54-42/h1-15,27-28,34-42,45-52H,16-18H2/t27-,28-,34?,35-,36-,37+,38+,39-,40-,41-,42+/m1/s1. The molecule has 0 amide bonds. The summed E-state index contributed by atoms with van der Waals surface area (Å²) < 4.78 is 45.9. The van der Waals surface area contributed by atoms with Crippen molar-refractivity contribution in [1.29, 1.82) is 0 Å². The molecule has 6 aromatic rings. The number of fused-ring (bicyclic) bond motifs is 2. The summed E-state index contributed by atoms with van der Waals surface area (Å²) in [5.74, 6) is -1.91. The van der Waals surface area contributed by atoms with Crippen molar-refractivity contribution >= 4 is 42.8 Å². The molecule has 2 fully saturated rings. The number of ether oxygens (including phenoxy) is 2. The summed E-state index contributed by atoms with van der Waals surface area (Å²) in [4.78, 5) is 1.48. The van der Waals surface area contributed by atoms with Crippen LogP contribution in [0.1, 0.15) is 55.7 Å². The Labute approximate surface area is 327 Å². The first-order valence-corrected chi connectivity index (χ1v) is 19.8. The van der Waals surface area contributed by atoms with E-state index >= 15 is 8.78 Å². The van der Waals surface area contributed by atoms with Gasteiger partial charge >= 0.3 is 0 Å². The van der Waals surface area contributed by atoms with Crippen LogP contribution >= 0.6 is 22.7 Å². The highest BCUT2D eigenvalue weighted by atomic mass is 32.1. The van der Waals surface area contributed by atoms with Gasteiger partial charge in [0.05, 0.1) is 13.2 Å². The van der Waals surface area contributed by atoms with Gasteiger partial charge in [-0.3, -0.25) is 0 Å². The molecule has 56 heavy (non-hydrogen) atoms. The second-order valence-corrected chi connectivity index (χ2v) is 16.6. The summed E-state index contributed by atoms with van der Waals surface area (Å²) >= 11 is 2.89. The molecule has 2 aliphatic rings. The van der Waals surface area contributed by atoms with Gasteiger partial charge in [0.15, 0.2) is 0 Å². The highest BCUT2D eigenvalue weighted by molar-refractivity contribution is 7.20. The van der Waals surface area contributed by atoms with Crippen molar-refractivity contribution in [3.05, 3.63) is 140 Å². The minimum absolute atomic E-state index is 0.0290. The molecule has 2 aliphatic heterocycles. The molecule has 0 aliphatic carbocycles. The van der Waals surface area contributed by atoms with E-state index in [0.717, 1.165) is 25.0 Å². The second-order valence-electron chi connectivity index (χ2n) is 14.4. The van der Waals surface area contributed by atoms with Crippen LogP contribution in [0.25, 0.3) is 20.2 Å². The number of thiophene rings is 2. The third kappa shape index (κ3) is 6.97. The van der Waals surface area contributed by atoms with Crippen LogP contribution in [0.4, 0.5) is 8.78 Å². The molecule has 10 nitrogen and oxygen atoms in total. The topological polar surface area (TPSA) is 180 Å². The summed E-state index contributed by atoms with van der Waals surface area (Å²) in [5, 5.41) is 85.1. The lowest BCUT2D eigenvalue weighted by Gasteiger charge is -2.40. The normalized spacial score (nSPS) is 28.9. The first-order valence-electron chi connectivity index (χ1n) is 18.2. The largest absolute Gasteiger partial charge is 0.394 e. The third-order valence-electron chi connectivity index (χ3n) is 10.9. The Morgan fingerprint density at radius 1 is 0.589 bits per heavy atom. The van der Waals surface area contributed by atoms with Gasteiger partial charge in [-0.15, -0.1) is 22.7 Å². The predicted octanol–water partition coefficient (Wildman–Crippen LogP) is 4.20. The monoisotopic (exact) mass is 806 g/mol. The predicted molar refractivity (Wildman–Crippen MR) is 206 cm³/mol. The minimum atomic E-state index is -1.64. The molecular formula is C42H40F2O10S2. The van der Waals surface area contributed by atoms with Crippen LogP contribution in [0.3, 0.4) is 0 Å². The third-order valence-corrected chi connectivity index (χ3v) is 13.3. The van der Waals surface area contributed by atoms with Gasteiger partial charge in [0.1, 0.15) is 72.7 Å². The SMILES string of the molecule is OC[C@H]1O[C@H](c2ccc(F)c(Cc3sc4ccccc4c3C(c3cc4ccccc4s3)c3cc([C@@H]4O[C@H](CO)[C@@H](O)[C@H](O)[C@H]4O)ccc3F)c2)[C@H](O)[C@@H](O)[C@@H]1O. The summed E-state index contributed by atoms with van der Waals surface area (Å²) in [6.45, 7) is -1.24. The van der Waals surface area contributed by atoms with Crippen molar-refractivity contribution in [1.82, 2.24) is 0 Å². The molecule has 4 heterocycles. The van der Waals surface area contributed by atoms with E-state index in [1.54, 1.807) is 6.07 Å². The molecule has 11 atom stereocenters. The van der Waals surface area contributed by atoms with Crippen molar-refractivity contribution in [3.63, 3.8) is 0 Å². The van der Waals surface area contributed by atoms with Crippen molar-refractivity contribution in [2.75, 3.05) is 13.2 Å². The lowest BCUT2D eigenvalue weighted by Crippen LogP contribution is -2.55. The lowest BCUT2D eigenvalue weighted by atomic mass is 9.84. The van der Waals surface area contributed by atoms with Gasteiger partial charge in [0.25, 0.3) is 0 Å². The molecule has 0 saturated carbocycles. The van der Waals surface area contributed by atoms with E-state index in [0.29, 0.717) is 21.6 Å². The highest BCUT2D eigenvalue weighted by Gasteiger charge is 2.45. The number of aliphatic hydroxyl groups is 8. The van der Waals surface area contributed by atoms with Crippen LogP contribution in [0.2, 0.25) is 0 Å². The maximum atomic E-state index is 16.6. The molecule has 4 aromatic carbocycles. The Kier molecular flexibility index (Phi) is 11.1. The summed E-state index contributed by atoms with van der Waals surface area (Å²) in [6.07, 6.45) is -14.3. The molecule has 0 spiro atoms. The van der Waals surface area contributed by atoms with Crippen molar-refractivity contribution < 1.29 is 59.1 Å². The molecule has 8 rings (SSSR count). The summed E-state index contributed by atoms with van der Waals surface area (Å²) in [5.41, 5.74) is 1.77. The van der Waals surface area contributed by atoms with Gasteiger partial charge in [-0.1, -0.05) is 48.5 Å². The zero-order valence-electron chi connectivity index (χ0n) is 29.6. The number of benzene rings is 4. The van der Waals surface area contributed by atoms with Gasteiger partial charge in [-0.05, 0) is 75.5 Å². The Balaban J connectivity index is 1.28. The van der Waals surface area contributed by atoms with Gasteiger partial charge < -0.3 is 50.3 Å². The van der Waals surface area contributed by atoms with Gasteiger partial charge in [0.2, 0.25) is 0 Å². The second kappa shape index (κ2) is 15.9. The molecule has 14 heteroatoms. The Hall–Kier alpha value is -3.74. The quantitative estimate of drug-likeness (QED) is 0.106.